The highest BCUT2D eigenvalue weighted by molar-refractivity contribution is 5.92. The van der Waals surface area contributed by atoms with Gasteiger partial charge in [-0.05, 0) is 12.1 Å². The fourth-order valence-electron chi connectivity index (χ4n) is 3.76. The average molecular weight is 481 g/mol. The number of fused-ring (bicyclic) bond motifs is 1. The van der Waals surface area contributed by atoms with Crippen LogP contribution in [0.4, 0.5) is 16.2 Å². The van der Waals surface area contributed by atoms with Crippen molar-refractivity contribution in [2.24, 2.45) is 5.73 Å². The predicted molar refractivity (Wildman–Crippen MR) is 123 cm³/mol. The van der Waals surface area contributed by atoms with Crippen LogP contribution in [0.3, 0.4) is 0 Å². The van der Waals surface area contributed by atoms with Crippen LogP contribution >= 0.6 is 12.4 Å². The molecule has 12 heteroatoms. The number of hydrogen-bond acceptors (Lipinski definition) is 9. The lowest BCUT2D eigenvalue weighted by molar-refractivity contribution is -0.131. The summed E-state index contributed by atoms with van der Waals surface area (Å²) in [6, 6.07) is 2.88. The number of rotatable bonds is 6. The van der Waals surface area contributed by atoms with Crippen LogP contribution in [0, 0.1) is 5.82 Å². The lowest BCUT2D eigenvalue weighted by atomic mass is 10.1. The first-order chi connectivity index (χ1) is 15.4. The number of anilines is 2. The molecule has 1 fully saturated rings. The van der Waals surface area contributed by atoms with E-state index in [9.17, 15) is 4.79 Å². The second-order valence-corrected chi connectivity index (χ2v) is 7.47. The van der Waals surface area contributed by atoms with Crippen molar-refractivity contribution >= 4 is 41.0 Å². The van der Waals surface area contributed by atoms with Gasteiger partial charge in [-0.15, -0.1) is 12.4 Å². The summed E-state index contributed by atoms with van der Waals surface area (Å²) in [6.07, 6.45) is 3.26. The third kappa shape index (κ3) is 4.74. The fraction of sp³-hybridized carbons (Fsp3) is 0.381. The number of methoxy groups -OCH3 is 2. The molecule has 1 aliphatic rings. The maximum absolute atomic E-state index is 15.0. The van der Waals surface area contributed by atoms with Gasteiger partial charge in [-0.3, -0.25) is 4.79 Å². The van der Waals surface area contributed by atoms with Gasteiger partial charge in [0.1, 0.15) is 11.3 Å². The second-order valence-electron chi connectivity index (χ2n) is 7.47. The lowest BCUT2D eigenvalue weighted by Crippen LogP contribution is -2.49. The Hall–Kier alpha value is -3.31. The number of halogens is 2. The van der Waals surface area contributed by atoms with Crippen molar-refractivity contribution in [2.45, 2.75) is 12.5 Å². The second kappa shape index (κ2) is 10.1. The monoisotopic (exact) mass is 480 g/mol. The molecule has 4 rings (SSSR count). The summed E-state index contributed by atoms with van der Waals surface area (Å²) in [5.74, 6) is -0.119. The van der Waals surface area contributed by atoms with Crippen LogP contribution in [-0.4, -0.2) is 61.2 Å². The van der Waals surface area contributed by atoms with Crippen LogP contribution in [0.15, 0.2) is 29.1 Å². The molecule has 1 atom stereocenters. The summed E-state index contributed by atoms with van der Waals surface area (Å²) in [7, 11) is 2.77. The number of amides is 1. The number of nitrogens with two attached hydrogens (primary N) is 2. The number of nitrogen functional groups attached to an aromatic ring is 1. The molecule has 4 N–H and O–H groups in total. The number of furan rings is 1. The smallest absolute Gasteiger partial charge is 0.228 e. The van der Waals surface area contributed by atoms with Crippen LogP contribution in [0.2, 0.25) is 0 Å². The third-order valence-electron chi connectivity index (χ3n) is 5.57. The molecule has 0 spiro atoms. The molecule has 1 saturated heterocycles. The number of nitrogens with zero attached hydrogens (tertiary/aromatic N) is 4. The van der Waals surface area contributed by atoms with E-state index in [1.165, 1.54) is 20.5 Å². The number of ether oxygens (including phenoxy) is 2. The summed E-state index contributed by atoms with van der Waals surface area (Å²) in [6.45, 7) is 1.89. The summed E-state index contributed by atoms with van der Waals surface area (Å²) in [5, 5.41) is 0.339. The number of aromatic nitrogens is 2. The quantitative estimate of drug-likeness (QED) is 0.544. The zero-order valence-corrected chi connectivity index (χ0v) is 19.1. The standard InChI is InChI=1S/C21H25FN6O4.ClH/c1-30-15-9-13-18(17(22)19(15)31-2)25-21(26-20(13)24)28-6-4-27(5-7-28)16(29)10-14(23)12-3-8-32-11-12;/h3,8-9,11,14H,4-7,10,23H2,1-2H3,(H2,24,25,26);1H. The van der Waals surface area contributed by atoms with Gasteiger partial charge in [0, 0.05) is 49.6 Å². The maximum Gasteiger partial charge on any atom is 0.228 e. The summed E-state index contributed by atoms with van der Waals surface area (Å²) in [4.78, 5) is 25.0. The average Bonchev–Trinajstić information content (AvgIpc) is 3.34. The Balaban J connectivity index is 0.00000306. The van der Waals surface area contributed by atoms with Crippen molar-refractivity contribution in [3.63, 3.8) is 0 Å². The van der Waals surface area contributed by atoms with Gasteiger partial charge in [0.05, 0.1) is 26.7 Å². The fourth-order valence-corrected chi connectivity index (χ4v) is 3.76. The van der Waals surface area contributed by atoms with E-state index < -0.39 is 11.9 Å². The van der Waals surface area contributed by atoms with Gasteiger partial charge in [0.2, 0.25) is 11.9 Å². The molecule has 33 heavy (non-hydrogen) atoms. The molecule has 1 unspecified atom stereocenters. The molecule has 0 radical (unpaired) electrons. The predicted octanol–water partition coefficient (Wildman–Crippen LogP) is 2.12. The largest absolute Gasteiger partial charge is 0.493 e. The molecule has 3 aromatic rings. The molecule has 0 aliphatic carbocycles. The zero-order valence-electron chi connectivity index (χ0n) is 18.3. The Bertz CT molecular complexity index is 1120. The molecule has 10 nitrogen and oxygen atoms in total. The Morgan fingerprint density at radius 3 is 2.58 bits per heavy atom. The molecular formula is C21H26ClFN6O4. The van der Waals surface area contributed by atoms with Gasteiger partial charge in [0.25, 0.3) is 0 Å². The molecule has 0 saturated carbocycles. The molecule has 0 bridgehead atoms. The minimum absolute atomic E-state index is 0. The van der Waals surface area contributed by atoms with Crippen LogP contribution in [0.1, 0.15) is 18.0 Å². The highest BCUT2D eigenvalue weighted by Crippen LogP contribution is 2.37. The molecule has 1 aromatic carbocycles. The van der Waals surface area contributed by atoms with E-state index in [0.717, 1.165) is 5.56 Å². The van der Waals surface area contributed by atoms with E-state index in [1.807, 2.05) is 4.90 Å². The van der Waals surface area contributed by atoms with Crippen LogP contribution in [0.5, 0.6) is 11.5 Å². The number of benzene rings is 1. The van der Waals surface area contributed by atoms with Gasteiger partial charge in [-0.2, -0.15) is 4.98 Å². The number of hydrogen-bond donors (Lipinski definition) is 2. The third-order valence-corrected chi connectivity index (χ3v) is 5.57. The molecule has 1 aliphatic heterocycles. The van der Waals surface area contributed by atoms with E-state index in [2.05, 4.69) is 9.97 Å². The van der Waals surface area contributed by atoms with Crippen molar-refractivity contribution in [1.29, 1.82) is 0 Å². The minimum atomic E-state index is -0.667. The van der Waals surface area contributed by atoms with Gasteiger partial charge in [0.15, 0.2) is 17.3 Å². The first-order valence-electron chi connectivity index (χ1n) is 10.1. The minimum Gasteiger partial charge on any atom is -0.493 e. The topological polar surface area (TPSA) is 133 Å². The summed E-state index contributed by atoms with van der Waals surface area (Å²) in [5.41, 5.74) is 13.0. The van der Waals surface area contributed by atoms with E-state index in [-0.39, 0.29) is 47.6 Å². The van der Waals surface area contributed by atoms with Crippen LogP contribution in [0.25, 0.3) is 10.9 Å². The molecule has 1 amide bonds. The van der Waals surface area contributed by atoms with Crippen molar-refractivity contribution in [2.75, 3.05) is 51.0 Å². The number of carbonyl (C=O) groups is 1. The Labute approximate surface area is 196 Å². The van der Waals surface area contributed by atoms with E-state index in [0.29, 0.717) is 37.5 Å². The zero-order chi connectivity index (χ0) is 22.8. The van der Waals surface area contributed by atoms with Gasteiger partial charge in [-0.1, -0.05) is 0 Å². The Morgan fingerprint density at radius 1 is 1.24 bits per heavy atom. The Morgan fingerprint density at radius 2 is 1.97 bits per heavy atom. The molecule has 3 heterocycles. The van der Waals surface area contributed by atoms with Crippen molar-refractivity contribution in [1.82, 2.24) is 14.9 Å². The number of carbonyl (C=O) groups excluding carboxylic acids is 1. The van der Waals surface area contributed by atoms with Crippen LogP contribution in [-0.2, 0) is 4.79 Å². The molecule has 2 aromatic heterocycles. The van der Waals surface area contributed by atoms with E-state index >= 15 is 4.39 Å². The SMILES string of the molecule is COc1cc2c(N)nc(N3CCN(C(=O)CC(N)c4ccoc4)CC3)nc2c(F)c1OC.Cl. The van der Waals surface area contributed by atoms with Gasteiger partial charge >= 0.3 is 0 Å². The Kier molecular flexibility index (Phi) is 7.44. The highest BCUT2D eigenvalue weighted by atomic mass is 35.5. The molecule has 178 valence electrons. The molecular weight excluding hydrogens is 455 g/mol. The van der Waals surface area contributed by atoms with Crippen molar-refractivity contribution in [3.8, 4) is 11.5 Å². The normalized spacial score (nSPS) is 14.7. The van der Waals surface area contributed by atoms with Gasteiger partial charge < -0.3 is 35.2 Å². The van der Waals surface area contributed by atoms with Crippen molar-refractivity contribution in [3.05, 3.63) is 36.0 Å². The van der Waals surface area contributed by atoms with E-state index in [1.54, 1.807) is 23.3 Å². The lowest BCUT2D eigenvalue weighted by Gasteiger charge is -2.35. The van der Waals surface area contributed by atoms with Crippen molar-refractivity contribution < 1.29 is 23.1 Å². The number of piperazine rings is 1. The van der Waals surface area contributed by atoms with Crippen LogP contribution < -0.4 is 25.8 Å². The van der Waals surface area contributed by atoms with Gasteiger partial charge in [-0.25, -0.2) is 9.37 Å². The summed E-state index contributed by atoms with van der Waals surface area (Å²) >= 11 is 0. The first kappa shape index (κ1) is 24.3. The summed E-state index contributed by atoms with van der Waals surface area (Å²) < 4.78 is 30.3. The van der Waals surface area contributed by atoms with E-state index in [4.69, 9.17) is 25.4 Å². The first-order valence-corrected chi connectivity index (χ1v) is 10.1. The highest BCUT2D eigenvalue weighted by Gasteiger charge is 2.26. The maximum atomic E-state index is 15.0.